The summed E-state index contributed by atoms with van der Waals surface area (Å²) in [6.07, 6.45) is 3.08. The first-order valence-electron chi connectivity index (χ1n) is 12.2. The van der Waals surface area contributed by atoms with Crippen molar-refractivity contribution in [3.63, 3.8) is 0 Å². The quantitative estimate of drug-likeness (QED) is 0.285. The molecule has 0 saturated carbocycles. The molecule has 0 heterocycles. The predicted molar refractivity (Wildman–Crippen MR) is 154 cm³/mol. The smallest absolute Gasteiger partial charge is 0.242 e. The third-order valence-corrected chi connectivity index (χ3v) is 8.14. The maximum atomic E-state index is 13.4. The SMILES string of the molecule is CCCCNC(=O)C(C)N(Cc1ccc(Cl)c(Cl)c1)C(=O)CCCN(c1ccc(OC)c(Cl)c1)S(C)(=O)=O. The van der Waals surface area contributed by atoms with E-state index in [1.807, 2.05) is 6.92 Å². The Labute approximate surface area is 240 Å². The summed E-state index contributed by atoms with van der Waals surface area (Å²) in [5, 5.41) is 3.87. The van der Waals surface area contributed by atoms with Crippen LogP contribution in [-0.4, -0.2) is 57.6 Å². The van der Waals surface area contributed by atoms with E-state index in [0.717, 1.165) is 19.1 Å². The molecule has 0 aliphatic rings. The Morgan fingerprint density at radius 2 is 1.74 bits per heavy atom. The second-order valence-electron chi connectivity index (χ2n) is 8.85. The molecular weight excluding hydrogens is 573 g/mol. The number of unbranched alkanes of at least 4 members (excludes halogenated alkanes) is 1. The largest absolute Gasteiger partial charge is 0.495 e. The van der Waals surface area contributed by atoms with Gasteiger partial charge in [0.05, 0.1) is 34.1 Å². The number of halogens is 3. The number of rotatable bonds is 14. The Kier molecular flexibility index (Phi) is 12.5. The van der Waals surface area contributed by atoms with Crippen LogP contribution in [0.5, 0.6) is 5.75 Å². The van der Waals surface area contributed by atoms with Crippen LogP contribution in [0.15, 0.2) is 36.4 Å². The van der Waals surface area contributed by atoms with E-state index in [1.54, 1.807) is 37.3 Å². The van der Waals surface area contributed by atoms with E-state index in [2.05, 4.69) is 5.32 Å². The van der Waals surface area contributed by atoms with Crippen LogP contribution >= 0.6 is 34.8 Å². The fourth-order valence-corrected chi connectivity index (χ4v) is 5.30. The number of anilines is 1. The molecule has 0 aliphatic heterocycles. The highest BCUT2D eigenvalue weighted by Crippen LogP contribution is 2.30. The molecule has 0 fully saturated rings. The number of sulfonamides is 1. The fourth-order valence-electron chi connectivity index (χ4n) is 3.77. The number of carbonyl (C=O) groups is 2. The number of nitrogens with zero attached hydrogens (tertiary/aromatic N) is 2. The van der Waals surface area contributed by atoms with Gasteiger partial charge in [0.2, 0.25) is 21.8 Å². The molecule has 1 atom stereocenters. The van der Waals surface area contributed by atoms with Crippen LogP contribution in [0.1, 0.15) is 45.1 Å². The molecule has 0 aliphatic carbocycles. The lowest BCUT2D eigenvalue weighted by Gasteiger charge is -2.29. The van der Waals surface area contributed by atoms with Gasteiger partial charge in [0.15, 0.2) is 0 Å². The molecule has 2 amide bonds. The maximum absolute atomic E-state index is 13.4. The average Bonchev–Trinajstić information content (AvgIpc) is 2.86. The van der Waals surface area contributed by atoms with Crippen molar-refractivity contribution in [1.29, 1.82) is 0 Å². The third-order valence-electron chi connectivity index (χ3n) is 5.91. The van der Waals surface area contributed by atoms with Crippen molar-refractivity contribution in [3.8, 4) is 5.75 Å². The molecule has 1 unspecified atom stereocenters. The summed E-state index contributed by atoms with van der Waals surface area (Å²) in [7, 11) is -2.19. The van der Waals surface area contributed by atoms with E-state index in [0.29, 0.717) is 33.6 Å². The van der Waals surface area contributed by atoms with Crippen molar-refractivity contribution in [2.45, 2.75) is 52.1 Å². The maximum Gasteiger partial charge on any atom is 0.242 e. The highest BCUT2D eigenvalue weighted by molar-refractivity contribution is 7.92. The molecule has 0 saturated heterocycles. The molecule has 38 heavy (non-hydrogen) atoms. The number of carbonyl (C=O) groups excluding carboxylic acids is 2. The van der Waals surface area contributed by atoms with Crippen LogP contribution in [-0.2, 0) is 26.2 Å². The summed E-state index contributed by atoms with van der Waals surface area (Å²) >= 11 is 18.4. The molecular formula is C26H34Cl3N3O5S. The Hall–Kier alpha value is -2.20. The lowest BCUT2D eigenvalue weighted by Crippen LogP contribution is -2.48. The number of nitrogens with one attached hydrogen (secondary N) is 1. The van der Waals surface area contributed by atoms with E-state index in [1.165, 1.54) is 22.4 Å². The molecule has 12 heteroatoms. The summed E-state index contributed by atoms with van der Waals surface area (Å²) in [6, 6.07) is 8.96. The van der Waals surface area contributed by atoms with E-state index in [4.69, 9.17) is 39.5 Å². The first-order chi connectivity index (χ1) is 17.9. The highest BCUT2D eigenvalue weighted by Gasteiger charge is 2.27. The molecule has 0 bridgehead atoms. The molecule has 0 aromatic heterocycles. The number of ether oxygens (including phenoxy) is 1. The van der Waals surface area contributed by atoms with Gasteiger partial charge >= 0.3 is 0 Å². The number of amides is 2. The Balaban J connectivity index is 2.19. The molecule has 0 spiro atoms. The van der Waals surface area contributed by atoms with E-state index < -0.39 is 16.1 Å². The second kappa shape index (κ2) is 14.8. The summed E-state index contributed by atoms with van der Waals surface area (Å²) in [5.41, 5.74) is 1.08. The van der Waals surface area contributed by atoms with Gasteiger partial charge in [0, 0.05) is 26.1 Å². The zero-order chi connectivity index (χ0) is 28.5. The number of methoxy groups -OCH3 is 1. The number of benzene rings is 2. The Bertz CT molecular complexity index is 1230. The molecule has 2 rings (SSSR count). The van der Waals surface area contributed by atoms with Gasteiger partial charge < -0.3 is 15.0 Å². The highest BCUT2D eigenvalue weighted by atomic mass is 35.5. The van der Waals surface area contributed by atoms with Crippen molar-refractivity contribution in [1.82, 2.24) is 10.2 Å². The lowest BCUT2D eigenvalue weighted by molar-refractivity contribution is -0.140. The van der Waals surface area contributed by atoms with Crippen LogP contribution in [0.2, 0.25) is 15.1 Å². The fraction of sp³-hybridized carbons (Fsp3) is 0.462. The van der Waals surface area contributed by atoms with E-state index in [9.17, 15) is 18.0 Å². The standard InChI is InChI=1S/C26H34Cl3N3O5S/c1-5-6-13-30-26(34)18(2)31(17-19-9-11-21(27)22(28)15-19)25(33)8-7-14-32(38(4,35)36)20-10-12-24(37-3)23(29)16-20/h9-12,15-16,18H,5-8,13-14,17H2,1-4H3,(H,30,34). The lowest BCUT2D eigenvalue weighted by atomic mass is 10.1. The van der Waals surface area contributed by atoms with Crippen molar-refractivity contribution in [2.75, 3.05) is 30.8 Å². The monoisotopic (exact) mass is 605 g/mol. The van der Waals surface area contributed by atoms with Gasteiger partial charge in [0.1, 0.15) is 11.8 Å². The summed E-state index contributed by atoms with van der Waals surface area (Å²) in [6.45, 7) is 4.39. The van der Waals surface area contributed by atoms with Gasteiger partial charge in [-0.1, -0.05) is 54.2 Å². The van der Waals surface area contributed by atoms with E-state index >= 15 is 0 Å². The van der Waals surface area contributed by atoms with E-state index in [-0.39, 0.29) is 42.8 Å². The first kappa shape index (κ1) is 32.0. The normalized spacial score (nSPS) is 12.1. The molecule has 0 radical (unpaired) electrons. The minimum Gasteiger partial charge on any atom is -0.495 e. The zero-order valence-electron chi connectivity index (χ0n) is 22.0. The van der Waals surface area contributed by atoms with Gasteiger partial charge in [-0.2, -0.15) is 0 Å². The second-order valence-corrected chi connectivity index (χ2v) is 12.0. The Morgan fingerprint density at radius 3 is 2.32 bits per heavy atom. The van der Waals surface area contributed by atoms with Crippen molar-refractivity contribution in [2.24, 2.45) is 0 Å². The van der Waals surface area contributed by atoms with Crippen molar-refractivity contribution < 1.29 is 22.7 Å². The van der Waals surface area contributed by atoms with Crippen LogP contribution in [0.4, 0.5) is 5.69 Å². The van der Waals surface area contributed by atoms with Crippen LogP contribution < -0.4 is 14.4 Å². The molecule has 8 nitrogen and oxygen atoms in total. The molecule has 1 N–H and O–H groups in total. The summed E-state index contributed by atoms with van der Waals surface area (Å²) in [5.74, 6) is -0.142. The van der Waals surface area contributed by atoms with Gasteiger partial charge in [-0.05, 0) is 55.7 Å². The number of hydrogen-bond acceptors (Lipinski definition) is 5. The topological polar surface area (TPSA) is 96.0 Å². The summed E-state index contributed by atoms with van der Waals surface area (Å²) < 4.78 is 31.4. The third kappa shape index (κ3) is 9.22. The molecule has 2 aromatic rings. The Morgan fingerprint density at radius 1 is 1.03 bits per heavy atom. The van der Waals surface area contributed by atoms with Gasteiger partial charge in [-0.15, -0.1) is 0 Å². The minimum atomic E-state index is -3.65. The van der Waals surface area contributed by atoms with Crippen molar-refractivity contribution >= 4 is 62.3 Å². The van der Waals surface area contributed by atoms with Crippen LogP contribution in [0, 0.1) is 0 Å². The average molecular weight is 607 g/mol. The minimum absolute atomic E-state index is 0.0177. The molecule has 210 valence electrons. The van der Waals surface area contributed by atoms with Gasteiger partial charge in [-0.25, -0.2) is 8.42 Å². The van der Waals surface area contributed by atoms with Gasteiger partial charge in [-0.3, -0.25) is 13.9 Å². The van der Waals surface area contributed by atoms with Gasteiger partial charge in [0.25, 0.3) is 0 Å². The zero-order valence-corrected chi connectivity index (χ0v) is 25.1. The van der Waals surface area contributed by atoms with Crippen LogP contribution in [0.3, 0.4) is 0 Å². The van der Waals surface area contributed by atoms with Crippen molar-refractivity contribution in [3.05, 3.63) is 57.0 Å². The number of hydrogen-bond donors (Lipinski definition) is 1. The summed E-state index contributed by atoms with van der Waals surface area (Å²) in [4.78, 5) is 27.6. The molecule has 2 aromatic carbocycles. The first-order valence-corrected chi connectivity index (χ1v) is 15.2. The van der Waals surface area contributed by atoms with Crippen LogP contribution in [0.25, 0.3) is 0 Å². The predicted octanol–water partition coefficient (Wildman–Crippen LogP) is 5.54.